The van der Waals surface area contributed by atoms with Gasteiger partial charge in [0.25, 0.3) is 0 Å². The van der Waals surface area contributed by atoms with Crippen molar-refractivity contribution in [3.05, 3.63) is 0 Å². The number of alkyl halides is 3. The number of carbonyl (C=O) groups excluding carboxylic acids is 2. The van der Waals surface area contributed by atoms with Crippen molar-refractivity contribution < 1.29 is 27.5 Å². The zero-order valence-electron chi connectivity index (χ0n) is 7.69. The highest BCUT2D eigenvalue weighted by Gasteiger charge is 2.29. The molecule has 0 saturated carbocycles. The maximum absolute atomic E-state index is 11.5. The Morgan fingerprint density at radius 1 is 1.33 bits per heavy atom. The minimum Gasteiger partial charge on any atom is -0.440 e. The molecule has 1 radical (unpaired) electrons. The van der Waals surface area contributed by atoms with E-state index in [-0.39, 0.29) is 19.4 Å². The SMILES string of the molecule is [NH]C(=O)CCCNC(=O)OCC(F)(F)F. The van der Waals surface area contributed by atoms with Gasteiger partial charge in [-0.2, -0.15) is 13.2 Å². The fourth-order valence-corrected chi connectivity index (χ4v) is 0.638. The molecule has 0 aromatic carbocycles. The summed E-state index contributed by atoms with van der Waals surface area (Å²) in [6, 6.07) is 0. The van der Waals surface area contributed by atoms with Crippen molar-refractivity contribution in [2.45, 2.75) is 19.0 Å². The second-order valence-electron chi connectivity index (χ2n) is 2.64. The highest BCUT2D eigenvalue weighted by Crippen LogP contribution is 2.14. The van der Waals surface area contributed by atoms with Gasteiger partial charge in [-0.05, 0) is 6.42 Å². The van der Waals surface area contributed by atoms with E-state index in [9.17, 15) is 22.8 Å². The third-order valence-corrected chi connectivity index (χ3v) is 1.22. The topological polar surface area (TPSA) is 79.2 Å². The molecule has 2 N–H and O–H groups in total. The van der Waals surface area contributed by atoms with Crippen molar-refractivity contribution in [1.29, 1.82) is 0 Å². The molecule has 87 valence electrons. The van der Waals surface area contributed by atoms with Gasteiger partial charge in [-0.3, -0.25) is 10.5 Å². The average molecular weight is 227 g/mol. The van der Waals surface area contributed by atoms with Crippen LogP contribution in [0, 0.1) is 0 Å². The Morgan fingerprint density at radius 3 is 2.40 bits per heavy atom. The number of hydrogen-bond acceptors (Lipinski definition) is 3. The number of nitrogens with one attached hydrogen (secondary N) is 2. The summed E-state index contributed by atoms with van der Waals surface area (Å²) in [5, 5.41) is 2.01. The Balaban J connectivity index is 3.46. The minimum absolute atomic E-state index is 0.00130. The van der Waals surface area contributed by atoms with Gasteiger partial charge in [0.15, 0.2) is 6.61 Å². The molecule has 5 nitrogen and oxygen atoms in total. The molecule has 0 aliphatic carbocycles. The molecule has 0 saturated heterocycles. The lowest BCUT2D eigenvalue weighted by Gasteiger charge is -2.08. The number of alkyl carbamates (subject to hydrolysis) is 1. The van der Waals surface area contributed by atoms with Crippen LogP contribution in [0.3, 0.4) is 0 Å². The number of amides is 2. The van der Waals surface area contributed by atoms with Gasteiger partial charge in [0.1, 0.15) is 0 Å². The van der Waals surface area contributed by atoms with Crippen molar-refractivity contribution in [2.75, 3.05) is 13.2 Å². The summed E-state index contributed by atoms with van der Waals surface area (Å²) in [4.78, 5) is 20.7. The first-order chi connectivity index (χ1) is 6.81. The van der Waals surface area contributed by atoms with E-state index in [1.165, 1.54) is 0 Å². The van der Waals surface area contributed by atoms with Crippen molar-refractivity contribution in [3.8, 4) is 0 Å². The van der Waals surface area contributed by atoms with Gasteiger partial charge >= 0.3 is 12.3 Å². The van der Waals surface area contributed by atoms with Crippen molar-refractivity contribution in [3.63, 3.8) is 0 Å². The lowest BCUT2D eigenvalue weighted by Crippen LogP contribution is -2.29. The van der Waals surface area contributed by atoms with Gasteiger partial charge in [-0.15, -0.1) is 0 Å². The monoisotopic (exact) mass is 227 g/mol. The number of ether oxygens (including phenoxy) is 1. The van der Waals surface area contributed by atoms with Crippen LogP contribution in [0.15, 0.2) is 0 Å². The molecule has 0 bridgehead atoms. The van der Waals surface area contributed by atoms with E-state index in [2.05, 4.69) is 4.74 Å². The quantitative estimate of drug-likeness (QED) is 0.707. The predicted molar refractivity (Wildman–Crippen MR) is 42.7 cm³/mol. The number of rotatable bonds is 5. The van der Waals surface area contributed by atoms with E-state index in [0.717, 1.165) is 0 Å². The number of hydrogen-bond donors (Lipinski definition) is 1. The lowest BCUT2D eigenvalue weighted by molar-refractivity contribution is -0.160. The summed E-state index contributed by atoms with van der Waals surface area (Å²) in [5.41, 5.74) is 6.49. The van der Waals surface area contributed by atoms with Crippen molar-refractivity contribution >= 4 is 12.0 Å². The molecule has 8 heteroatoms. The molecule has 0 spiro atoms. The maximum atomic E-state index is 11.5. The predicted octanol–water partition coefficient (Wildman–Crippen LogP) is 0.865. The van der Waals surface area contributed by atoms with Crippen LogP contribution in [0.5, 0.6) is 0 Å². The number of carbonyl (C=O) groups is 2. The Kier molecular flexibility index (Phi) is 5.50. The average Bonchev–Trinajstić information content (AvgIpc) is 2.07. The zero-order valence-corrected chi connectivity index (χ0v) is 7.69. The van der Waals surface area contributed by atoms with E-state index in [1.54, 1.807) is 0 Å². The van der Waals surface area contributed by atoms with Crippen LogP contribution < -0.4 is 11.1 Å². The summed E-state index contributed by atoms with van der Waals surface area (Å²) in [5.74, 6) is -0.791. The Morgan fingerprint density at radius 2 is 1.93 bits per heavy atom. The molecule has 0 aromatic heterocycles. The Labute approximate surface area is 83.8 Å². The van der Waals surface area contributed by atoms with Gasteiger partial charge in [0, 0.05) is 13.0 Å². The fourth-order valence-electron chi connectivity index (χ4n) is 0.638. The maximum Gasteiger partial charge on any atom is 0.422 e. The summed E-state index contributed by atoms with van der Waals surface area (Å²) < 4.78 is 38.4. The van der Waals surface area contributed by atoms with Gasteiger partial charge in [-0.1, -0.05) is 0 Å². The second-order valence-corrected chi connectivity index (χ2v) is 2.64. The van der Waals surface area contributed by atoms with Crippen LogP contribution in [-0.4, -0.2) is 31.3 Å². The highest BCUT2D eigenvalue weighted by molar-refractivity contribution is 5.73. The molecule has 0 rings (SSSR count). The van der Waals surface area contributed by atoms with Gasteiger partial charge in [0.2, 0.25) is 5.91 Å². The molecular weight excluding hydrogens is 217 g/mol. The molecular formula is C7H10F3N2O3. The van der Waals surface area contributed by atoms with Crippen LogP contribution in [0.25, 0.3) is 0 Å². The molecule has 0 fully saturated rings. The van der Waals surface area contributed by atoms with E-state index in [0.29, 0.717) is 0 Å². The molecule has 0 unspecified atom stereocenters. The van der Waals surface area contributed by atoms with Crippen LogP contribution >= 0.6 is 0 Å². The molecule has 15 heavy (non-hydrogen) atoms. The summed E-state index contributed by atoms with van der Waals surface area (Å²) in [6.07, 6.45) is -5.60. The first-order valence-electron chi connectivity index (χ1n) is 4.03. The molecule has 0 aliphatic heterocycles. The Bertz CT molecular complexity index is 230. The molecule has 0 atom stereocenters. The van der Waals surface area contributed by atoms with Crippen molar-refractivity contribution in [1.82, 2.24) is 11.1 Å². The first-order valence-corrected chi connectivity index (χ1v) is 4.03. The molecule has 2 amide bonds. The third kappa shape index (κ3) is 10.5. The van der Waals surface area contributed by atoms with E-state index in [4.69, 9.17) is 5.73 Å². The summed E-state index contributed by atoms with van der Waals surface area (Å²) in [7, 11) is 0. The fraction of sp³-hybridized carbons (Fsp3) is 0.714. The van der Waals surface area contributed by atoms with E-state index < -0.39 is 24.8 Å². The van der Waals surface area contributed by atoms with Crippen LogP contribution in [0.2, 0.25) is 0 Å². The van der Waals surface area contributed by atoms with Crippen LogP contribution in [-0.2, 0) is 9.53 Å². The Hall–Kier alpha value is -1.47. The highest BCUT2D eigenvalue weighted by atomic mass is 19.4. The summed E-state index contributed by atoms with van der Waals surface area (Å²) in [6.45, 7) is -1.64. The minimum atomic E-state index is -4.55. The normalized spacial score (nSPS) is 10.9. The molecule has 0 aliphatic rings. The first kappa shape index (κ1) is 13.5. The lowest BCUT2D eigenvalue weighted by atomic mass is 10.3. The summed E-state index contributed by atoms with van der Waals surface area (Å²) >= 11 is 0. The standard InChI is InChI=1S/C7H10F3N2O3/c8-7(9,10)4-15-6(14)12-3-1-2-5(11)13/h11H,1-4H2,(H,12,14). The molecule has 0 aromatic rings. The van der Waals surface area contributed by atoms with Crippen molar-refractivity contribution in [2.24, 2.45) is 0 Å². The third-order valence-electron chi connectivity index (χ3n) is 1.22. The smallest absolute Gasteiger partial charge is 0.422 e. The van der Waals surface area contributed by atoms with E-state index in [1.807, 2.05) is 5.32 Å². The molecule has 0 heterocycles. The van der Waals surface area contributed by atoms with Gasteiger partial charge < -0.3 is 10.1 Å². The van der Waals surface area contributed by atoms with Gasteiger partial charge in [-0.25, -0.2) is 4.79 Å². The van der Waals surface area contributed by atoms with Crippen LogP contribution in [0.4, 0.5) is 18.0 Å². The zero-order chi connectivity index (χ0) is 11.9. The van der Waals surface area contributed by atoms with Gasteiger partial charge in [0.05, 0.1) is 0 Å². The van der Waals surface area contributed by atoms with Crippen LogP contribution in [0.1, 0.15) is 12.8 Å². The second kappa shape index (κ2) is 6.10. The largest absolute Gasteiger partial charge is 0.440 e. The van der Waals surface area contributed by atoms with E-state index >= 15 is 0 Å². The number of halogens is 3.